The predicted octanol–water partition coefficient (Wildman–Crippen LogP) is 0.619. The van der Waals surface area contributed by atoms with Crippen molar-refractivity contribution in [1.82, 2.24) is 10.2 Å². The van der Waals surface area contributed by atoms with E-state index in [0.717, 1.165) is 6.54 Å². The van der Waals surface area contributed by atoms with Crippen LogP contribution in [0.4, 0.5) is 0 Å². The van der Waals surface area contributed by atoms with Gasteiger partial charge in [-0.25, -0.2) is 0 Å². The Morgan fingerprint density at radius 2 is 2.04 bits per heavy atom. The van der Waals surface area contributed by atoms with Crippen molar-refractivity contribution in [3.63, 3.8) is 0 Å². The van der Waals surface area contributed by atoms with Gasteiger partial charge in [0.15, 0.2) is 0 Å². The number of aliphatic hydroxyl groups is 1. The molecular weight excluding hydrogens is 360 g/mol. The molecule has 3 fully saturated rings. The lowest BCUT2D eigenvalue weighted by Gasteiger charge is -2.28. The fourth-order valence-corrected chi connectivity index (χ4v) is 4.30. The van der Waals surface area contributed by atoms with Crippen LogP contribution in [0.15, 0.2) is 24.3 Å². The van der Waals surface area contributed by atoms with Crippen molar-refractivity contribution in [2.24, 2.45) is 0 Å². The summed E-state index contributed by atoms with van der Waals surface area (Å²) in [5.41, 5.74) is 2.49. The summed E-state index contributed by atoms with van der Waals surface area (Å²) in [7, 11) is 0. The highest BCUT2D eigenvalue weighted by Crippen LogP contribution is 2.35. The molecule has 3 saturated heterocycles. The smallest absolute Gasteiger partial charge is 0.225 e. The van der Waals surface area contributed by atoms with E-state index in [4.69, 9.17) is 14.2 Å². The second kappa shape index (κ2) is 8.88. The molecule has 1 aromatic carbocycles. The van der Waals surface area contributed by atoms with E-state index in [1.807, 2.05) is 17.0 Å². The molecule has 3 aliphatic heterocycles. The molecule has 2 N–H and O–H groups in total. The minimum Gasteiger partial charge on any atom is -0.388 e. The standard InChI is InChI=1S/C21H30N2O5/c1-14-4-2-3-5-15(14)12-22-13-18-20(25)21-17(28-18)10-16(27-21)11-19(24)23-6-8-26-9-7-23/h2-5,16-18,20-22,25H,6-13H2,1H3/t16-,17+,18+,20+,21-/m0/s1. The quantitative estimate of drug-likeness (QED) is 0.741. The number of hydrogen-bond acceptors (Lipinski definition) is 6. The SMILES string of the molecule is Cc1ccccc1CNC[C@H]1O[C@@H]2C[C@@H](CC(=O)N3CCOCC3)O[C@@H]2[C@@H]1O. The van der Waals surface area contributed by atoms with Crippen molar-refractivity contribution >= 4 is 5.91 Å². The van der Waals surface area contributed by atoms with Crippen LogP contribution in [0.25, 0.3) is 0 Å². The summed E-state index contributed by atoms with van der Waals surface area (Å²) >= 11 is 0. The van der Waals surface area contributed by atoms with Crippen molar-refractivity contribution in [3.8, 4) is 0 Å². The number of morpholine rings is 1. The fraction of sp³-hybridized carbons (Fsp3) is 0.667. The average Bonchev–Trinajstić information content (AvgIpc) is 3.22. The molecule has 0 bridgehead atoms. The molecule has 0 saturated carbocycles. The zero-order valence-corrected chi connectivity index (χ0v) is 16.4. The van der Waals surface area contributed by atoms with Crippen LogP contribution in [0.3, 0.4) is 0 Å². The molecule has 0 unspecified atom stereocenters. The first-order valence-electron chi connectivity index (χ1n) is 10.2. The van der Waals surface area contributed by atoms with Gasteiger partial charge in [0.1, 0.15) is 12.2 Å². The van der Waals surface area contributed by atoms with Crippen LogP contribution in [0.5, 0.6) is 0 Å². The molecule has 0 aliphatic carbocycles. The van der Waals surface area contributed by atoms with Gasteiger partial charge in [0.05, 0.1) is 37.9 Å². The van der Waals surface area contributed by atoms with Gasteiger partial charge in [0.25, 0.3) is 0 Å². The minimum absolute atomic E-state index is 0.0965. The van der Waals surface area contributed by atoms with Crippen LogP contribution in [0.1, 0.15) is 24.0 Å². The number of carbonyl (C=O) groups excluding carboxylic acids is 1. The summed E-state index contributed by atoms with van der Waals surface area (Å²) in [5.74, 6) is 0.0965. The number of aliphatic hydroxyl groups excluding tert-OH is 1. The lowest BCUT2D eigenvalue weighted by atomic mass is 10.1. The van der Waals surface area contributed by atoms with Gasteiger partial charge in [-0.1, -0.05) is 24.3 Å². The number of amides is 1. The van der Waals surface area contributed by atoms with Gasteiger partial charge >= 0.3 is 0 Å². The van der Waals surface area contributed by atoms with E-state index in [1.165, 1.54) is 11.1 Å². The largest absolute Gasteiger partial charge is 0.388 e. The van der Waals surface area contributed by atoms with E-state index in [0.29, 0.717) is 45.7 Å². The Kier molecular flexibility index (Phi) is 6.28. The molecule has 4 rings (SSSR count). The van der Waals surface area contributed by atoms with E-state index in [1.54, 1.807) is 0 Å². The summed E-state index contributed by atoms with van der Waals surface area (Å²) in [4.78, 5) is 14.2. The molecule has 1 amide bonds. The van der Waals surface area contributed by atoms with E-state index in [2.05, 4.69) is 24.4 Å². The van der Waals surface area contributed by atoms with Gasteiger partial charge in [0.2, 0.25) is 5.91 Å². The number of rotatable bonds is 6. The third-order valence-corrected chi connectivity index (χ3v) is 5.97. The number of hydrogen-bond donors (Lipinski definition) is 2. The molecule has 0 aromatic heterocycles. The van der Waals surface area contributed by atoms with Gasteiger partial charge in [-0.2, -0.15) is 0 Å². The van der Waals surface area contributed by atoms with Crippen molar-refractivity contribution in [2.45, 2.75) is 56.8 Å². The molecule has 1 aromatic rings. The van der Waals surface area contributed by atoms with Crippen LogP contribution in [-0.4, -0.2) is 79.3 Å². The number of carbonyl (C=O) groups is 1. The van der Waals surface area contributed by atoms with E-state index >= 15 is 0 Å². The van der Waals surface area contributed by atoms with Gasteiger partial charge in [-0.15, -0.1) is 0 Å². The van der Waals surface area contributed by atoms with Crippen LogP contribution >= 0.6 is 0 Å². The van der Waals surface area contributed by atoms with Gasteiger partial charge in [-0.3, -0.25) is 4.79 Å². The summed E-state index contributed by atoms with van der Waals surface area (Å²) in [6, 6.07) is 8.25. The number of benzene rings is 1. The zero-order valence-electron chi connectivity index (χ0n) is 16.4. The van der Waals surface area contributed by atoms with Crippen LogP contribution in [0.2, 0.25) is 0 Å². The Morgan fingerprint density at radius 3 is 2.79 bits per heavy atom. The maximum Gasteiger partial charge on any atom is 0.225 e. The molecule has 0 spiro atoms. The second-order valence-electron chi connectivity index (χ2n) is 7.92. The lowest BCUT2D eigenvalue weighted by molar-refractivity contribution is -0.138. The molecule has 28 heavy (non-hydrogen) atoms. The molecule has 0 radical (unpaired) electrons. The normalized spacial score (nSPS) is 32.5. The number of nitrogens with zero attached hydrogens (tertiary/aromatic N) is 1. The fourth-order valence-electron chi connectivity index (χ4n) is 4.30. The zero-order chi connectivity index (χ0) is 19.5. The van der Waals surface area contributed by atoms with Gasteiger partial charge in [0, 0.05) is 32.6 Å². The number of aryl methyl sites for hydroxylation is 1. The van der Waals surface area contributed by atoms with Crippen LogP contribution in [-0.2, 0) is 25.5 Å². The van der Waals surface area contributed by atoms with E-state index in [9.17, 15) is 9.90 Å². The molecule has 7 nitrogen and oxygen atoms in total. The molecule has 5 atom stereocenters. The first kappa shape index (κ1) is 19.8. The Balaban J connectivity index is 1.22. The van der Waals surface area contributed by atoms with Crippen LogP contribution in [0, 0.1) is 6.92 Å². The Bertz CT molecular complexity index is 679. The van der Waals surface area contributed by atoms with Crippen molar-refractivity contribution in [1.29, 1.82) is 0 Å². The Hall–Kier alpha value is -1.51. The highest BCUT2D eigenvalue weighted by molar-refractivity contribution is 5.76. The van der Waals surface area contributed by atoms with E-state index in [-0.39, 0.29) is 30.3 Å². The highest BCUT2D eigenvalue weighted by Gasteiger charge is 2.50. The summed E-state index contributed by atoms with van der Waals surface area (Å²) in [6.45, 7) is 5.89. The van der Waals surface area contributed by atoms with Gasteiger partial charge < -0.3 is 29.5 Å². The molecule has 154 valence electrons. The number of fused-ring (bicyclic) bond motifs is 1. The maximum atomic E-state index is 12.4. The topological polar surface area (TPSA) is 80.3 Å². The van der Waals surface area contributed by atoms with Crippen molar-refractivity contribution in [3.05, 3.63) is 35.4 Å². The van der Waals surface area contributed by atoms with Crippen molar-refractivity contribution in [2.75, 3.05) is 32.8 Å². The number of nitrogens with one attached hydrogen (secondary N) is 1. The summed E-state index contributed by atoms with van der Waals surface area (Å²) < 4.78 is 17.3. The lowest BCUT2D eigenvalue weighted by Crippen LogP contribution is -2.42. The molecular formula is C21H30N2O5. The first-order chi connectivity index (χ1) is 13.6. The second-order valence-corrected chi connectivity index (χ2v) is 7.92. The van der Waals surface area contributed by atoms with Crippen LogP contribution < -0.4 is 5.32 Å². The maximum absolute atomic E-state index is 12.4. The Morgan fingerprint density at radius 1 is 1.25 bits per heavy atom. The third kappa shape index (κ3) is 4.39. The van der Waals surface area contributed by atoms with E-state index < -0.39 is 6.10 Å². The summed E-state index contributed by atoms with van der Waals surface area (Å²) in [6.07, 6.45) is -0.602. The molecule has 7 heteroatoms. The third-order valence-electron chi connectivity index (χ3n) is 5.97. The first-order valence-corrected chi connectivity index (χ1v) is 10.2. The minimum atomic E-state index is -0.669. The van der Waals surface area contributed by atoms with Gasteiger partial charge in [-0.05, 0) is 18.1 Å². The highest BCUT2D eigenvalue weighted by atomic mass is 16.6. The molecule has 3 aliphatic rings. The predicted molar refractivity (Wildman–Crippen MR) is 103 cm³/mol. The van der Waals surface area contributed by atoms with Crippen molar-refractivity contribution < 1.29 is 24.1 Å². The Labute approximate surface area is 165 Å². The monoisotopic (exact) mass is 390 g/mol. The number of ether oxygens (including phenoxy) is 3. The average molecular weight is 390 g/mol. The summed E-state index contributed by atoms with van der Waals surface area (Å²) in [5, 5.41) is 14.0. The molecule has 3 heterocycles.